The van der Waals surface area contributed by atoms with Gasteiger partial charge in [0.15, 0.2) is 5.60 Å². The third-order valence-corrected chi connectivity index (χ3v) is 4.71. The third kappa shape index (κ3) is 4.34. The summed E-state index contributed by atoms with van der Waals surface area (Å²) in [7, 11) is 3.38. The molecule has 27 heavy (non-hydrogen) atoms. The summed E-state index contributed by atoms with van der Waals surface area (Å²) in [5.41, 5.74) is 1.55. The van der Waals surface area contributed by atoms with Crippen LogP contribution in [0, 0.1) is 0 Å². The van der Waals surface area contributed by atoms with Crippen molar-refractivity contribution in [3.8, 4) is 0 Å². The number of aromatic nitrogens is 1. The van der Waals surface area contributed by atoms with Gasteiger partial charge in [0.05, 0.1) is 13.2 Å². The third-order valence-electron chi connectivity index (χ3n) is 4.71. The first-order valence-corrected chi connectivity index (χ1v) is 9.03. The average molecular weight is 367 g/mol. The number of carbonyl (C=O) groups is 2. The smallest absolute Gasteiger partial charge is 0.255 e. The number of likely N-dealkylation sites (N-methyl/N-ethyl adjacent to an activating group) is 1. The quantitative estimate of drug-likeness (QED) is 0.829. The molecule has 0 radical (unpaired) electrons. The maximum absolute atomic E-state index is 13.0. The number of nitrogens with zero attached hydrogens (tertiary/aromatic N) is 3. The Morgan fingerprint density at radius 1 is 1.22 bits per heavy atom. The summed E-state index contributed by atoms with van der Waals surface area (Å²) < 4.78 is 5.71. The molecule has 142 valence electrons. The van der Waals surface area contributed by atoms with Gasteiger partial charge in [0.2, 0.25) is 0 Å². The van der Waals surface area contributed by atoms with Crippen molar-refractivity contribution in [1.82, 2.24) is 14.8 Å². The van der Waals surface area contributed by atoms with Gasteiger partial charge in [-0.3, -0.25) is 14.6 Å². The highest BCUT2D eigenvalue weighted by Crippen LogP contribution is 2.21. The zero-order chi connectivity index (χ0) is 19.4. The van der Waals surface area contributed by atoms with E-state index in [1.807, 2.05) is 36.4 Å². The maximum Gasteiger partial charge on any atom is 0.255 e. The van der Waals surface area contributed by atoms with Gasteiger partial charge in [0.1, 0.15) is 0 Å². The number of benzene rings is 1. The predicted octanol–water partition coefficient (Wildman–Crippen LogP) is 1.99. The van der Waals surface area contributed by atoms with E-state index in [0.29, 0.717) is 25.1 Å². The van der Waals surface area contributed by atoms with E-state index in [2.05, 4.69) is 4.98 Å². The SMILES string of the molecule is CN(C)C(=O)[C@@]1(C)CN(C(=O)c2ccnc(Cc3ccccc3)c2)CCO1. The fraction of sp³-hybridized carbons (Fsp3) is 0.381. The lowest BCUT2D eigenvalue weighted by atomic mass is 10.0. The second-order valence-electron chi connectivity index (χ2n) is 7.20. The van der Waals surface area contributed by atoms with Crippen LogP contribution in [0.15, 0.2) is 48.7 Å². The molecular formula is C21H25N3O3. The number of hydrogen-bond donors (Lipinski definition) is 0. The van der Waals surface area contributed by atoms with Gasteiger partial charge in [-0.15, -0.1) is 0 Å². The largest absolute Gasteiger partial charge is 0.362 e. The van der Waals surface area contributed by atoms with Gasteiger partial charge in [-0.05, 0) is 24.6 Å². The lowest BCUT2D eigenvalue weighted by Crippen LogP contribution is -2.59. The lowest BCUT2D eigenvalue weighted by Gasteiger charge is -2.40. The van der Waals surface area contributed by atoms with Crippen molar-refractivity contribution >= 4 is 11.8 Å². The number of hydrogen-bond acceptors (Lipinski definition) is 4. The van der Waals surface area contributed by atoms with Crippen molar-refractivity contribution in [1.29, 1.82) is 0 Å². The molecule has 1 aliphatic rings. The van der Waals surface area contributed by atoms with E-state index in [1.54, 1.807) is 38.2 Å². The topological polar surface area (TPSA) is 62.7 Å². The van der Waals surface area contributed by atoms with E-state index in [9.17, 15) is 9.59 Å². The van der Waals surface area contributed by atoms with Crippen molar-refractivity contribution in [2.45, 2.75) is 18.9 Å². The lowest BCUT2D eigenvalue weighted by molar-refractivity contribution is -0.162. The van der Waals surface area contributed by atoms with Crippen LogP contribution in [0.5, 0.6) is 0 Å². The molecule has 3 rings (SSSR count). The molecule has 2 aromatic rings. The van der Waals surface area contributed by atoms with Crippen molar-refractivity contribution < 1.29 is 14.3 Å². The minimum absolute atomic E-state index is 0.104. The van der Waals surface area contributed by atoms with Gasteiger partial charge in [0.25, 0.3) is 11.8 Å². The molecule has 1 fully saturated rings. The van der Waals surface area contributed by atoms with Gasteiger partial charge < -0.3 is 14.5 Å². The molecule has 6 nitrogen and oxygen atoms in total. The number of amides is 2. The Morgan fingerprint density at radius 2 is 1.96 bits per heavy atom. The first kappa shape index (κ1) is 19.0. The molecule has 0 N–H and O–H groups in total. The fourth-order valence-electron chi connectivity index (χ4n) is 3.34. The molecule has 2 heterocycles. The number of pyridine rings is 1. The van der Waals surface area contributed by atoms with Crippen molar-refractivity contribution in [2.24, 2.45) is 0 Å². The number of ether oxygens (including phenoxy) is 1. The second kappa shape index (κ2) is 7.88. The molecule has 1 saturated heterocycles. The van der Waals surface area contributed by atoms with Crippen LogP contribution < -0.4 is 0 Å². The Balaban J connectivity index is 1.75. The molecule has 0 saturated carbocycles. The van der Waals surface area contributed by atoms with Crippen LogP contribution in [0.1, 0.15) is 28.5 Å². The van der Waals surface area contributed by atoms with Crippen molar-refractivity contribution in [3.63, 3.8) is 0 Å². The molecular weight excluding hydrogens is 342 g/mol. The number of rotatable bonds is 4. The zero-order valence-corrected chi connectivity index (χ0v) is 16.0. The van der Waals surface area contributed by atoms with E-state index in [1.165, 1.54) is 4.90 Å². The second-order valence-corrected chi connectivity index (χ2v) is 7.20. The molecule has 1 atom stereocenters. The Kier molecular flexibility index (Phi) is 5.56. The summed E-state index contributed by atoms with van der Waals surface area (Å²) in [6.45, 7) is 2.77. The standard InChI is InChI=1S/C21H25N3O3/c1-21(20(26)23(2)3)15-24(11-12-27-21)19(25)17-9-10-22-18(14-17)13-16-7-5-4-6-8-16/h4-10,14H,11-13,15H2,1-3H3/t21-/m1/s1. The van der Waals surface area contributed by atoms with Crippen LogP contribution in [-0.2, 0) is 16.0 Å². The molecule has 1 aromatic heterocycles. The molecule has 1 aliphatic heterocycles. The highest BCUT2D eigenvalue weighted by atomic mass is 16.5. The molecule has 0 aliphatic carbocycles. The molecule has 2 amide bonds. The monoisotopic (exact) mass is 367 g/mol. The molecule has 6 heteroatoms. The normalized spacial score (nSPS) is 19.6. The van der Waals surface area contributed by atoms with Gasteiger partial charge in [-0.25, -0.2) is 0 Å². The molecule has 0 bridgehead atoms. The van der Waals surface area contributed by atoms with Crippen LogP contribution in [-0.4, -0.2) is 66.0 Å². The Bertz CT molecular complexity index is 822. The van der Waals surface area contributed by atoms with Crippen LogP contribution in [0.4, 0.5) is 0 Å². The van der Waals surface area contributed by atoms with Crippen LogP contribution >= 0.6 is 0 Å². The van der Waals surface area contributed by atoms with Gasteiger partial charge in [-0.2, -0.15) is 0 Å². The molecule has 0 spiro atoms. The van der Waals surface area contributed by atoms with Crippen molar-refractivity contribution in [2.75, 3.05) is 33.8 Å². The summed E-state index contributed by atoms with van der Waals surface area (Å²) in [4.78, 5) is 33.0. The van der Waals surface area contributed by atoms with Gasteiger partial charge in [0, 0.05) is 44.5 Å². The average Bonchev–Trinajstić information content (AvgIpc) is 2.67. The minimum Gasteiger partial charge on any atom is -0.362 e. The molecule has 0 unspecified atom stereocenters. The summed E-state index contributed by atoms with van der Waals surface area (Å²) in [5.74, 6) is -0.243. The van der Waals surface area contributed by atoms with E-state index in [4.69, 9.17) is 4.74 Å². The fourth-order valence-corrected chi connectivity index (χ4v) is 3.34. The highest BCUT2D eigenvalue weighted by molar-refractivity contribution is 5.95. The van der Waals surface area contributed by atoms with Gasteiger partial charge >= 0.3 is 0 Å². The summed E-state index contributed by atoms with van der Waals surface area (Å²) in [5, 5.41) is 0. The number of morpholine rings is 1. The van der Waals surface area contributed by atoms with Crippen molar-refractivity contribution in [3.05, 3.63) is 65.5 Å². The predicted molar refractivity (Wildman–Crippen MR) is 102 cm³/mol. The number of carbonyl (C=O) groups excluding carboxylic acids is 2. The van der Waals surface area contributed by atoms with Crippen LogP contribution in [0.3, 0.4) is 0 Å². The van der Waals surface area contributed by atoms with E-state index in [0.717, 1.165) is 11.3 Å². The first-order valence-electron chi connectivity index (χ1n) is 9.03. The van der Waals surface area contributed by atoms with E-state index in [-0.39, 0.29) is 18.4 Å². The summed E-state index contributed by atoms with van der Waals surface area (Å²) in [6, 6.07) is 13.6. The Morgan fingerprint density at radius 3 is 2.67 bits per heavy atom. The maximum atomic E-state index is 13.0. The Hall–Kier alpha value is -2.73. The van der Waals surface area contributed by atoms with E-state index >= 15 is 0 Å². The summed E-state index contributed by atoms with van der Waals surface area (Å²) in [6.07, 6.45) is 2.33. The van der Waals surface area contributed by atoms with E-state index < -0.39 is 5.60 Å². The Labute approximate surface area is 159 Å². The highest BCUT2D eigenvalue weighted by Gasteiger charge is 2.41. The minimum atomic E-state index is -1.02. The van der Waals surface area contributed by atoms with Gasteiger partial charge in [-0.1, -0.05) is 30.3 Å². The first-order chi connectivity index (χ1) is 12.9. The zero-order valence-electron chi connectivity index (χ0n) is 16.0. The summed E-state index contributed by atoms with van der Waals surface area (Å²) >= 11 is 0. The van der Waals surface area contributed by atoms with Crippen LogP contribution in [0.2, 0.25) is 0 Å². The molecule has 1 aromatic carbocycles. The van der Waals surface area contributed by atoms with Crippen LogP contribution in [0.25, 0.3) is 0 Å².